The summed E-state index contributed by atoms with van der Waals surface area (Å²) in [5, 5.41) is 3.23. The summed E-state index contributed by atoms with van der Waals surface area (Å²) in [4.78, 5) is 12.5. The summed E-state index contributed by atoms with van der Waals surface area (Å²) in [6.45, 7) is 3.54. The van der Waals surface area contributed by atoms with Gasteiger partial charge in [0.2, 0.25) is 0 Å². The highest BCUT2D eigenvalue weighted by molar-refractivity contribution is 5.87. The minimum Gasteiger partial charge on any atom is -0.316 e. The smallest absolute Gasteiger partial charge is 0.144 e. The fourth-order valence-electron chi connectivity index (χ4n) is 2.74. The molecule has 0 amide bonds. The van der Waals surface area contributed by atoms with Gasteiger partial charge in [-0.05, 0) is 49.6 Å². The molecule has 1 unspecified atom stereocenters. The maximum absolute atomic E-state index is 13.6. The largest absolute Gasteiger partial charge is 0.316 e. The van der Waals surface area contributed by atoms with Crippen LogP contribution < -0.4 is 5.32 Å². The van der Waals surface area contributed by atoms with Crippen LogP contribution in [0.2, 0.25) is 0 Å². The van der Waals surface area contributed by atoms with Gasteiger partial charge in [0.15, 0.2) is 0 Å². The van der Waals surface area contributed by atoms with Gasteiger partial charge in [-0.25, -0.2) is 8.78 Å². The molecular formula is C15H19F2NO. The Hall–Kier alpha value is -1.29. The summed E-state index contributed by atoms with van der Waals surface area (Å²) < 4.78 is 26.7. The van der Waals surface area contributed by atoms with Crippen molar-refractivity contribution < 1.29 is 13.6 Å². The van der Waals surface area contributed by atoms with E-state index in [2.05, 4.69) is 5.32 Å². The zero-order chi connectivity index (χ0) is 13.9. The van der Waals surface area contributed by atoms with Gasteiger partial charge in [0.25, 0.3) is 0 Å². The van der Waals surface area contributed by atoms with Gasteiger partial charge >= 0.3 is 0 Å². The average molecular weight is 267 g/mol. The van der Waals surface area contributed by atoms with E-state index in [1.54, 1.807) is 0 Å². The first-order chi connectivity index (χ1) is 9.07. The van der Waals surface area contributed by atoms with Crippen LogP contribution in [0.25, 0.3) is 0 Å². The molecule has 0 bridgehead atoms. The van der Waals surface area contributed by atoms with Crippen molar-refractivity contribution in [2.75, 3.05) is 13.1 Å². The number of halogens is 2. The van der Waals surface area contributed by atoms with E-state index in [4.69, 9.17) is 0 Å². The molecule has 2 nitrogen and oxygen atoms in total. The van der Waals surface area contributed by atoms with Crippen molar-refractivity contribution in [3.05, 3.63) is 35.4 Å². The zero-order valence-corrected chi connectivity index (χ0v) is 11.1. The lowest BCUT2D eigenvalue weighted by molar-refractivity contribution is -0.129. The predicted molar refractivity (Wildman–Crippen MR) is 69.9 cm³/mol. The molecule has 1 heterocycles. The molecular weight excluding hydrogens is 248 g/mol. The Morgan fingerprint density at radius 2 is 2.21 bits per heavy atom. The van der Waals surface area contributed by atoms with Crippen LogP contribution in [0.3, 0.4) is 0 Å². The topological polar surface area (TPSA) is 29.1 Å². The number of nitrogens with one attached hydrogen (secondary N) is 1. The fraction of sp³-hybridized carbons (Fsp3) is 0.533. The monoisotopic (exact) mass is 267 g/mol. The van der Waals surface area contributed by atoms with Crippen LogP contribution in [0.1, 0.15) is 31.7 Å². The van der Waals surface area contributed by atoms with E-state index in [1.807, 2.05) is 6.92 Å². The predicted octanol–water partition coefficient (Wildman–Crippen LogP) is 2.86. The molecule has 1 aliphatic heterocycles. The highest BCUT2D eigenvalue weighted by atomic mass is 19.1. The Morgan fingerprint density at radius 1 is 1.42 bits per heavy atom. The minimum atomic E-state index is -0.509. The summed E-state index contributed by atoms with van der Waals surface area (Å²) in [6.07, 6.45) is 2.48. The molecule has 1 saturated heterocycles. The molecule has 0 spiro atoms. The van der Waals surface area contributed by atoms with Crippen molar-refractivity contribution in [3.63, 3.8) is 0 Å². The number of Topliss-reactive ketones (excluding diaryl/α,β-unsaturated/α-hetero) is 1. The lowest BCUT2D eigenvalue weighted by atomic mass is 9.73. The molecule has 0 aliphatic carbocycles. The van der Waals surface area contributed by atoms with Gasteiger partial charge < -0.3 is 5.32 Å². The van der Waals surface area contributed by atoms with E-state index in [0.29, 0.717) is 6.54 Å². The molecule has 19 heavy (non-hydrogen) atoms. The number of carbonyl (C=O) groups is 1. The third-order valence-electron chi connectivity index (χ3n) is 4.10. The summed E-state index contributed by atoms with van der Waals surface area (Å²) in [6, 6.07) is 3.27. The van der Waals surface area contributed by atoms with Crippen molar-refractivity contribution in [3.8, 4) is 0 Å². The van der Waals surface area contributed by atoms with Gasteiger partial charge in [-0.2, -0.15) is 0 Å². The summed E-state index contributed by atoms with van der Waals surface area (Å²) in [7, 11) is 0. The molecule has 1 aromatic rings. The first-order valence-corrected chi connectivity index (χ1v) is 6.75. The van der Waals surface area contributed by atoms with Gasteiger partial charge in [0.05, 0.1) is 0 Å². The van der Waals surface area contributed by atoms with Crippen LogP contribution in [0.5, 0.6) is 0 Å². The first-order valence-electron chi connectivity index (χ1n) is 6.75. The molecule has 104 valence electrons. The highest BCUT2D eigenvalue weighted by Crippen LogP contribution is 2.32. The highest BCUT2D eigenvalue weighted by Gasteiger charge is 2.37. The normalized spacial score (nSPS) is 23.3. The maximum atomic E-state index is 13.6. The van der Waals surface area contributed by atoms with Crippen LogP contribution in [-0.4, -0.2) is 18.9 Å². The Balaban J connectivity index is 2.17. The third-order valence-corrected chi connectivity index (χ3v) is 4.10. The summed E-state index contributed by atoms with van der Waals surface area (Å²) in [5.41, 5.74) is -0.264. The molecule has 0 radical (unpaired) electrons. The van der Waals surface area contributed by atoms with E-state index in [-0.39, 0.29) is 17.8 Å². The number of benzene rings is 1. The third kappa shape index (κ3) is 3.00. The summed E-state index contributed by atoms with van der Waals surface area (Å²) in [5.74, 6) is -1.01. The number of rotatable bonds is 4. The number of ketones is 1. The van der Waals surface area contributed by atoms with Crippen molar-refractivity contribution in [1.82, 2.24) is 5.32 Å². The Labute approximate surface area is 112 Å². The van der Waals surface area contributed by atoms with Crippen LogP contribution in [0.4, 0.5) is 8.78 Å². The molecule has 2 rings (SSSR count). The van der Waals surface area contributed by atoms with Crippen LogP contribution in [-0.2, 0) is 11.2 Å². The number of carbonyl (C=O) groups excluding carboxylic acids is 1. The molecule has 1 aromatic carbocycles. The van der Waals surface area contributed by atoms with E-state index in [1.165, 1.54) is 0 Å². The number of hydrogen-bond acceptors (Lipinski definition) is 2. The molecule has 0 saturated carbocycles. The summed E-state index contributed by atoms with van der Waals surface area (Å²) >= 11 is 0. The quantitative estimate of drug-likeness (QED) is 0.909. The molecule has 4 heteroatoms. The molecule has 1 atom stereocenters. The van der Waals surface area contributed by atoms with Crippen LogP contribution in [0.15, 0.2) is 18.2 Å². The minimum absolute atomic E-state index is 0.00620. The SMILES string of the molecule is CCC1(C(=O)Cc2cc(F)ccc2F)CCCNC1. The second-order valence-electron chi connectivity index (χ2n) is 5.25. The van der Waals surface area contributed by atoms with Gasteiger partial charge in [-0.15, -0.1) is 0 Å². The fourth-order valence-corrected chi connectivity index (χ4v) is 2.74. The van der Waals surface area contributed by atoms with Crippen molar-refractivity contribution in [2.24, 2.45) is 5.41 Å². The van der Waals surface area contributed by atoms with E-state index >= 15 is 0 Å². The van der Waals surface area contributed by atoms with Crippen molar-refractivity contribution in [2.45, 2.75) is 32.6 Å². The zero-order valence-electron chi connectivity index (χ0n) is 11.1. The van der Waals surface area contributed by atoms with Crippen molar-refractivity contribution >= 4 is 5.78 Å². The second kappa shape index (κ2) is 5.78. The Morgan fingerprint density at radius 3 is 2.84 bits per heavy atom. The van der Waals surface area contributed by atoms with Crippen LogP contribution in [0, 0.1) is 17.0 Å². The van der Waals surface area contributed by atoms with E-state index < -0.39 is 17.0 Å². The van der Waals surface area contributed by atoms with Gasteiger partial charge in [0, 0.05) is 18.4 Å². The standard InChI is InChI=1S/C15H19F2NO/c1-2-15(6-3-7-18-10-15)14(19)9-11-8-12(16)4-5-13(11)17/h4-5,8,18H,2-3,6-7,9-10H2,1H3. The molecule has 1 aliphatic rings. The Bertz CT molecular complexity index is 467. The lowest BCUT2D eigenvalue weighted by Crippen LogP contribution is -2.45. The molecule has 1 N–H and O–H groups in total. The number of hydrogen-bond donors (Lipinski definition) is 1. The van der Waals surface area contributed by atoms with E-state index in [0.717, 1.165) is 44.0 Å². The first kappa shape index (κ1) is 14.1. The van der Waals surface area contributed by atoms with Gasteiger partial charge in [0.1, 0.15) is 17.4 Å². The van der Waals surface area contributed by atoms with E-state index in [9.17, 15) is 13.6 Å². The second-order valence-corrected chi connectivity index (χ2v) is 5.25. The lowest BCUT2D eigenvalue weighted by Gasteiger charge is -2.35. The maximum Gasteiger partial charge on any atom is 0.144 e. The average Bonchev–Trinajstić information content (AvgIpc) is 2.43. The van der Waals surface area contributed by atoms with Crippen LogP contribution >= 0.6 is 0 Å². The van der Waals surface area contributed by atoms with Gasteiger partial charge in [-0.3, -0.25) is 4.79 Å². The van der Waals surface area contributed by atoms with Gasteiger partial charge in [-0.1, -0.05) is 6.92 Å². The number of piperidine rings is 1. The Kier molecular flexibility index (Phi) is 4.30. The van der Waals surface area contributed by atoms with Crippen molar-refractivity contribution in [1.29, 1.82) is 0 Å². The molecule has 1 fully saturated rings. The molecule has 0 aromatic heterocycles.